The summed E-state index contributed by atoms with van der Waals surface area (Å²) in [6.45, 7) is 0. The molecule has 3 nitrogen and oxygen atoms in total. The minimum Gasteiger partial charge on any atom is -0.438 e. The third-order valence-corrected chi connectivity index (χ3v) is 4.48. The number of benzene rings is 2. The van der Waals surface area contributed by atoms with Crippen LogP contribution in [0.25, 0.3) is 32.9 Å². The SMILES string of the molecule is Brc1ccc2nc3c4c(nccc4c2c1)-c1ccccc1O3. The van der Waals surface area contributed by atoms with Crippen LogP contribution in [0.5, 0.6) is 11.6 Å². The van der Waals surface area contributed by atoms with E-state index in [-0.39, 0.29) is 0 Å². The van der Waals surface area contributed by atoms with Crippen LogP contribution < -0.4 is 4.74 Å². The molecule has 0 radical (unpaired) electrons. The van der Waals surface area contributed by atoms with E-state index in [1.807, 2.05) is 48.7 Å². The fourth-order valence-corrected chi connectivity index (χ4v) is 3.38. The van der Waals surface area contributed by atoms with Crippen LogP contribution in [-0.4, -0.2) is 9.97 Å². The van der Waals surface area contributed by atoms with Crippen molar-refractivity contribution in [1.29, 1.82) is 0 Å². The van der Waals surface area contributed by atoms with Gasteiger partial charge in [-0.25, -0.2) is 4.98 Å². The molecule has 4 aromatic rings. The molecule has 0 fully saturated rings. The molecule has 0 bridgehead atoms. The molecule has 0 atom stereocenters. The Hall–Kier alpha value is -2.46. The molecular formula is C18H9BrN2O. The van der Waals surface area contributed by atoms with Crippen LogP contribution in [0.1, 0.15) is 0 Å². The smallest absolute Gasteiger partial charge is 0.229 e. The zero-order valence-corrected chi connectivity index (χ0v) is 13.0. The van der Waals surface area contributed by atoms with Crippen LogP contribution in [0, 0.1) is 0 Å². The third-order valence-electron chi connectivity index (χ3n) is 3.98. The van der Waals surface area contributed by atoms with Crippen molar-refractivity contribution in [3.8, 4) is 22.9 Å². The zero-order chi connectivity index (χ0) is 14.7. The molecule has 2 aromatic heterocycles. The molecule has 1 aliphatic heterocycles. The highest BCUT2D eigenvalue weighted by molar-refractivity contribution is 9.10. The van der Waals surface area contributed by atoms with E-state index >= 15 is 0 Å². The van der Waals surface area contributed by atoms with Crippen LogP contribution in [0.15, 0.2) is 59.2 Å². The molecule has 0 saturated heterocycles. The Bertz CT molecular complexity index is 1080. The number of pyridine rings is 2. The Morgan fingerprint density at radius 3 is 2.82 bits per heavy atom. The number of aromatic nitrogens is 2. The highest BCUT2D eigenvalue weighted by Gasteiger charge is 2.23. The van der Waals surface area contributed by atoms with Gasteiger partial charge in [0, 0.05) is 27.0 Å². The quantitative estimate of drug-likeness (QED) is 0.355. The fraction of sp³-hybridized carbons (Fsp3) is 0. The average molecular weight is 349 g/mol. The number of para-hydroxylation sites is 1. The number of nitrogens with zero attached hydrogens (tertiary/aromatic N) is 2. The first kappa shape index (κ1) is 12.1. The second-order valence-electron chi connectivity index (χ2n) is 5.26. The van der Waals surface area contributed by atoms with Gasteiger partial charge in [0.2, 0.25) is 5.88 Å². The summed E-state index contributed by atoms with van der Waals surface area (Å²) >= 11 is 3.54. The lowest BCUT2D eigenvalue weighted by Crippen LogP contribution is -2.01. The molecule has 0 amide bonds. The van der Waals surface area contributed by atoms with Gasteiger partial charge in [-0.15, -0.1) is 0 Å². The van der Waals surface area contributed by atoms with E-state index < -0.39 is 0 Å². The normalized spacial score (nSPS) is 12.2. The van der Waals surface area contributed by atoms with Gasteiger partial charge in [0.25, 0.3) is 0 Å². The van der Waals surface area contributed by atoms with Gasteiger partial charge in [0.05, 0.1) is 16.6 Å². The van der Waals surface area contributed by atoms with E-state index in [1.165, 1.54) is 0 Å². The molecule has 0 N–H and O–H groups in total. The van der Waals surface area contributed by atoms with Gasteiger partial charge < -0.3 is 4.74 Å². The largest absolute Gasteiger partial charge is 0.438 e. The van der Waals surface area contributed by atoms with Crippen molar-refractivity contribution in [1.82, 2.24) is 9.97 Å². The van der Waals surface area contributed by atoms with E-state index in [1.54, 1.807) is 0 Å². The van der Waals surface area contributed by atoms with Crippen molar-refractivity contribution in [2.24, 2.45) is 0 Å². The molecular weight excluding hydrogens is 340 g/mol. The third kappa shape index (κ3) is 1.56. The van der Waals surface area contributed by atoms with Gasteiger partial charge >= 0.3 is 0 Å². The minimum absolute atomic E-state index is 0.631. The van der Waals surface area contributed by atoms with Gasteiger partial charge in [0.15, 0.2) is 0 Å². The number of fused-ring (bicyclic) bond motifs is 4. The average Bonchev–Trinajstić information content (AvgIpc) is 2.56. The molecule has 1 aliphatic rings. The maximum absolute atomic E-state index is 6.03. The second kappa shape index (κ2) is 4.27. The van der Waals surface area contributed by atoms with Crippen molar-refractivity contribution < 1.29 is 4.74 Å². The van der Waals surface area contributed by atoms with Gasteiger partial charge in [-0.3, -0.25) is 4.98 Å². The Morgan fingerprint density at radius 2 is 1.86 bits per heavy atom. The van der Waals surface area contributed by atoms with Crippen molar-refractivity contribution in [2.75, 3.05) is 0 Å². The lowest BCUT2D eigenvalue weighted by atomic mass is 9.99. The summed E-state index contributed by atoms with van der Waals surface area (Å²) in [5, 5.41) is 3.19. The maximum Gasteiger partial charge on any atom is 0.229 e. The number of halogens is 1. The Morgan fingerprint density at radius 1 is 0.955 bits per heavy atom. The molecule has 0 unspecified atom stereocenters. The zero-order valence-electron chi connectivity index (χ0n) is 11.4. The summed E-state index contributed by atoms with van der Waals surface area (Å²) in [5.74, 6) is 1.44. The number of hydrogen-bond donors (Lipinski definition) is 0. The summed E-state index contributed by atoms with van der Waals surface area (Å²) < 4.78 is 7.06. The standard InChI is InChI=1S/C18H9BrN2O/c19-10-5-6-14-13(9-10)11-7-8-20-17-12-3-1-2-4-15(12)22-18(21-14)16(11)17/h1-9H. The number of ether oxygens (including phenoxy) is 1. The fourth-order valence-electron chi connectivity index (χ4n) is 3.02. The molecule has 5 rings (SSSR count). The van der Waals surface area contributed by atoms with Crippen LogP contribution in [-0.2, 0) is 0 Å². The highest BCUT2D eigenvalue weighted by Crippen LogP contribution is 2.45. The number of hydrogen-bond acceptors (Lipinski definition) is 3. The topological polar surface area (TPSA) is 35.0 Å². The molecule has 4 heteroatoms. The van der Waals surface area contributed by atoms with Crippen LogP contribution in [0.3, 0.4) is 0 Å². The molecule has 0 spiro atoms. The first-order valence-corrected chi connectivity index (χ1v) is 7.76. The number of rotatable bonds is 0. The lowest BCUT2D eigenvalue weighted by molar-refractivity contribution is 0.469. The van der Waals surface area contributed by atoms with Crippen molar-refractivity contribution in [3.63, 3.8) is 0 Å². The Labute approximate surface area is 134 Å². The van der Waals surface area contributed by atoms with Crippen LogP contribution in [0.4, 0.5) is 0 Å². The Balaban J connectivity index is 2.02. The van der Waals surface area contributed by atoms with Gasteiger partial charge in [0.1, 0.15) is 5.75 Å². The second-order valence-corrected chi connectivity index (χ2v) is 6.17. The predicted molar refractivity (Wildman–Crippen MR) is 90.3 cm³/mol. The molecule has 2 aromatic carbocycles. The predicted octanol–water partition coefficient (Wildman–Crippen LogP) is 5.32. The van der Waals surface area contributed by atoms with E-state index in [0.717, 1.165) is 43.2 Å². The maximum atomic E-state index is 6.03. The van der Waals surface area contributed by atoms with E-state index in [2.05, 4.69) is 27.0 Å². The summed E-state index contributed by atoms with van der Waals surface area (Å²) in [4.78, 5) is 9.27. The molecule has 0 saturated carbocycles. The first-order chi connectivity index (χ1) is 10.8. The van der Waals surface area contributed by atoms with Gasteiger partial charge in [-0.1, -0.05) is 28.1 Å². The van der Waals surface area contributed by atoms with E-state index in [0.29, 0.717) is 5.88 Å². The molecule has 22 heavy (non-hydrogen) atoms. The monoisotopic (exact) mass is 348 g/mol. The van der Waals surface area contributed by atoms with Gasteiger partial charge in [-0.2, -0.15) is 0 Å². The minimum atomic E-state index is 0.631. The summed E-state index contributed by atoms with van der Waals surface area (Å²) in [5.41, 5.74) is 2.86. The van der Waals surface area contributed by atoms with Crippen molar-refractivity contribution >= 4 is 37.6 Å². The van der Waals surface area contributed by atoms with Crippen LogP contribution in [0.2, 0.25) is 0 Å². The highest BCUT2D eigenvalue weighted by atomic mass is 79.9. The summed E-state index contributed by atoms with van der Waals surface area (Å²) in [7, 11) is 0. The van der Waals surface area contributed by atoms with Crippen molar-refractivity contribution in [3.05, 3.63) is 59.2 Å². The lowest BCUT2D eigenvalue weighted by Gasteiger charge is -2.20. The van der Waals surface area contributed by atoms with Crippen molar-refractivity contribution in [2.45, 2.75) is 0 Å². The summed E-state index contributed by atoms with van der Waals surface area (Å²) in [6, 6.07) is 16.0. The molecule has 3 heterocycles. The van der Waals surface area contributed by atoms with E-state index in [9.17, 15) is 0 Å². The van der Waals surface area contributed by atoms with Gasteiger partial charge in [-0.05, 0) is 36.4 Å². The van der Waals surface area contributed by atoms with Crippen LogP contribution >= 0.6 is 15.9 Å². The van der Waals surface area contributed by atoms with E-state index in [4.69, 9.17) is 9.72 Å². The first-order valence-electron chi connectivity index (χ1n) is 6.96. The Kier molecular flexibility index (Phi) is 2.35. The summed E-state index contributed by atoms with van der Waals surface area (Å²) in [6.07, 6.45) is 1.85. The molecule has 104 valence electrons. The molecule has 0 aliphatic carbocycles.